The number of quaternary nitrogens is 1. The number of rotatable bonds is 1. The van der Waals surface area contributed by atoms with E-state index in [4.69, 9.17) is 3.07 Å². The van der Waals surface area contributed by atoms with Crippen LogP contribution in [-0.4, -0.2) is 27.1 Å². The van der Waals surface area contributed by atoms with E-state index in [9.17, 15) is 8.23 Å². The molecule has 0 saturated heterocycles. The van der Waals surface area contributed by atoms with Crippen LogP contribution in [0.1, 0.15) is 10.4 Å². The molecule has 0 fully saturated rings. The third kappa shape index (κ3) is 1.86. The normalized spacial score (nSPS) is 17.6. The van der Waals surface area contributed by atoms with Crippen LogP contribution in [0, 0.1) is 3.57 Å². The zero-order chi connectivity index (χ0) is 11.2. The Morgan fingerprint density at radius 3 is 2.60 bits per heavy atom. The first-order chi connectivity index (χ1) is 6.89. The summed E-state index contributed by atoms with van der Waals surface area (Å²) in [6.45, 7) is 0. The first-order valence-corrected chi connectivity index (χ1v) is 7.30. The minimum absolute atomic E-state index is 0.444. The van der Waals surface area contributed by atoms with Gasteiger partial charge in [-0.15, -0.1) is 0 Å². The van der Waals surface area contributed by atoms with Gasteiger partial charge in [-0.25, -0.2) is 0 Å². The molecule has 0 aromatic heterocycles. The summed E-state index contributed by atoms with van der Waals surface area (Å²) in [6.07, 6.45) is 0. The Kier molecular flexibility index (Phi) is 2.48. The molecule has 0 saturated carbocycles. The van der Waals surface area contributed by atoms with Crippen LogP contribution >= 0.6 is 20.6 Å². The Hall–Kier alpha value is -0.660. The molecule has 0 bridgehead atoms. The van der Waals surface area contributed by atoms with Gasteiger partial charge in [-0.3, -0.25) is 0 Å². The van der Waals surface area contributed by atoms with Crippen molar-refractivity contribution < 1.29 is 11.3 Å². The Labute approximate surface area is 96.5 Å². The zero-order valence-electron chi connectivity index (χ0n) is 8.78. The monoisotopic (exact) mass is 321 g/mol. The van der Waals surface area contributed by atoms with E-state index < -0.39 is 26.6 Å². The van der Waals surface area contributed by atoms with E-state index >= 15 is 0 Å². The van der Waals surface area contributed by atoms with Crippen molar-refractivity contribution in [3.63, 3.8) is 0 Å². The van der Waals surface area contributed by atoms with E-state index in [2.05, 4.69) is 0 Å². The molecule has 1 heterocycles. The number of halogens is 1. The van der Waals surface area contributed by atoms with Gasteiger partial charge in [0.15, 0.2) is 0 Å². The molecular formula is C10H12INO3. The average Bonchev–Trinajstić information content (AvgIpc) is 2.41. The summed E-state index contributed by atoms with van der Waals surface area (Å²) in [6, 6.07) is 5.41. The Morgan fingerprint density at radius 1 is 1.33 bits per heavy atom. The van der Waals surface area contributed by atoms with Crippen LogP contribution in [0.2, 0.25) is 0 Å². The molecule has 0 spiro atoms. The van der Waals surface area contributed by atoms with E-state index in [0.29, 0.717) is 13.6 Å². The van der Waals surface area contributed by atoms with Gasteiger partial charge in [0.05, 0.1) is 0 Å². The maximum atomic E-state index is 11.4. The van der Waals surface area contributed by atoms with Crippen LogP contribution in [0.15, 0.2) is 18.2 Å². The summed E-state index contributed by atoms with van der Waals surface area (Å²) in [4.78, 5) is 11.4. The van der Waals surface area contributed by atoms with Gasteiger partial charge in [-0.1, -0.05) is 0 Å². The van der Waals surface area contributed by atoms with Crippen LogP contribution < -0.4 is 7.92 Å². The Bertz CT molecular complexity index is 425. The number of carbonyl (C=O) groups excluding carboxylic acids is 1. The van der Waals surface area contributed by atoms with E-state index in [0.717, 1.165) is 5.69 Å². The fourth-order valence-electron chi connectivity index (χ4n) is 1.37. The zero-order valence-corrected chi connectivity index (χ0v) is 10.9. The predicted molar refractivity (Wildman–Crippen MR) is 64.1 cm³/mol. The molecule has 0 amide bonds. The SMILES string of the molecule is C[N+](C)(C)c1ccc2c(c1)C(=O)OI2[O-]. The Balaban J connectivity index is 2.52. The van der Waals surface area contributed by atoms with Crippen LogP contribution in [0.25, 0.3) is 0 Å². The second-order valence-electron chi connectivity index (χ2n) is 4.26. The van der Waals surface area contributed by atoms with Crippen LogP contribution in [0.3, 0.4) is 0 Å². The van der Waals surface area contributed by atoms with Gasteiger partial charge in [0, 0.05) is 0 Å². The molecule has 1 aliphatic heterocycles. The molecule has 0 atom stereocenters. The van der Waals surface area contributed by atoms with Crippen molar-refractivity contribution in [2.45, 2.75) is 0 Å². The Morgan fingerprint density at radius 2 is 2.00 bits per heavy atom. The predicted octanol–water partition coefficient (Wildman–Crippen LogP) is 0.920. The molecule has 1 aliphatic rings. The number of nitrogens with zero attached hydrogens (tertiary/aromatic N) is 1. The summed E-state index contributed by atoms with van der Waals surface area (Å²) in [5.74, 6) is -0.444. The van der Waals surface area contributed by atoms with Crippen LogP contribution in [-0.2, 0) is 3.07 Å². The van der Waals surface area contributed by atoms with E-state index in [1.807, 2.05) is 27.2 Å². The van der Waals surface area contributed by atoms with Gasteiger partial charge < -0.3 is 0 Å². The third-order valence-electron chi connectivity index (χ3n) is 2.25. The first-order valence-electron chi connectivity index (χ1n) is 4.46. The topological polar surface area (TPSA) is 49.4 Å². The third-order valence-corrected chi connectivity index (χ3v) is 4.94. The van der Waals surface area contributed by atoms with Crippen molar-refractivity contribution in [3.8, 4) is 0 Å². The van der Waals surface area contributed by atoms with Gasteiger partial charge in [0.2, 0.25) is 0 Å². The first kappa shape index (κ1) is 10.8. The minimum atomic E-state index is -2.86. The van der Waals surface area contributed by atoms with Gasteiger partial charge in [-0.2, -0.15) is 0 Å². The molecule has 0 aliphatic carbocycles. The molecule has 0 radical (unpaired) electrons. The number of benzene rings is 1. The fraction of sp³-hybridized carbons (Fsp3) is 0.300. The molecule has 0 unspecified atom stereocenters. The van der Waals surface area contributed by atoms with E-state index in [1.165, 1.54) is 0 Å². The summed E-state index contributed by atoms with van der Waals surface area (Å²) < 4.78 is 17.4. The van der Waals surface area contributed by atoms with Crippen LogP contribution in [0.5, 0.6) is 0 Å². The van der Waals surface area contributed by atoms with Gasteiger partial charge in [0.25, 0.3) is 0 Å². The van der Waals surface area contributed by atoms with E-state index in [-0.39, 0.29) is 0 Å². The molecule has 0 N–H and O–H groups in total. The summed E-state index contributed by atoms with van der Waals surface area (Å²) in [7, 11) is 6.03. The average molecular weight is 321 g/mol. The van der Waals surface area contributed by atoms with Crippen molar-refractivity contribution in [2.24, 2.45) is 0 Å². The second-order valence-corrected chi connectivity index (χ2v) is 7.10. The number of carbonyl (C=O) groups is 1. The second kappa shape index (κ2) is 3.43. The number of fused-ring (bicyclic) bond motifs is 1. The van der Waals surface area contributed by atoms with Gasteiger partial charge in [0.1, 0.15) is 0 Å². The molecule has 5 heteroatoms. The quantitative estimate of drug-likeness (QED) is 0.571. The fourth-order valence-corrected chi connectivity index (χ4v) is 3.53. The summed E-state index contributed by atoms with van der Waals surface area (Å²) >= 11 is -2.86. The van der Waals surface area contributed by atoms with Crippen LogP contribution in [0.4, 0.5) is 5.69 Å². The molecule has 1 aromatic rings. The molecule has 4 nitrogen and oxygen atoms in total. The molecule has 15 heavy (non-hydrogen) atoms. The number of hydrogen-bond acceptors (Lipinski definition) is 3. The molecule has 2 rings (SSSR count). The number of hydrogen-bond donors (Lipinski definition) is 0. The van der Waals surface area contributed by atoms with Crippen molar-refractivity contribution >= 4 is 32.3 Å². The summed E-state index contributed by atoms with van der Waals surface area (Å²) in [5, 5.41) is 0. The maximum absolute atomic E-state index is 11.4. The van der Waals surface area contributed by atoms with Gasteiger partial charge >= 0.3 is 96.6 Å². The molecule has 82 valence electrons. The standard InChI is InChI=1S/C10H12INO3/c1-12(2,3)7-4-5-9-8(6-7)10(13)15-11(9)14/h4-6H,1-3H3. The summed E-state index contributed by atoms with van der Waals surface area (Å²) in [5.41, 5.74) is 1.47. The van der Waals surface area contributed by atoms with Crippen molar-refractivity contribution in [2.75, 3.05) is 21.1 Å². The van der Waals surface area contributed by atoms with Gasteiger partial charge in [-0.05, 0) is 0 Å². The molecular weight excluding hydrogens is 309 g/mol. The van der Waals surface area contributed by atoms with E-state index in [1.54, 1.807) is 12.1 Å². The van der Waals surface area contributed by atoms with Crippen molar-refractivity contribution in [3.05, 3.63) is 27.3 Å². The van der Waals surface area contributed by atoms with Crippen molar-refractivity contribution in [1.29, 1.82) is 0 Å². The van der Waals surface area contributed by atoms with Crippen molar-refractivity contribution in [1.82, 2.24) is 4.48 Å². The molecule has 1 aromatic carbocycles.